The molecule has 0 saturated carbocycles. The zero-order valence-corrected chi connectivity index (χ0v) is 8.21. The Morgan fingerprint density at radius 2 is 1.88 bits per heavy atom. The van der Waals surface area contributed by atoms with E-state index >= 15 is 0 Å². The maximum Gasteiger partial charge on any atom is 0.451 e. The van der Waals surface area contributed by atoms with Crippen molar-refractivity contribution in [1.82, 2.24) is 9.97 Å². The number of hydrogen-bond donors (Lipinski definition) is 1. The number of alkyl halides is 3. The van der Waals surface area contributed by atoms with Gasteiger partial charge in [-0.25, -0.2) is 9.97 Å². The van der Waals surface area contributed by atoms with Crippen LogP contribution >= 0.6 is 0 Å². The molecule has 6 heteroatoms. The summed E-state index contributed by atoms with van der Waals surface area (Å²) in [5, 5.41) is 9.73. The van der Waals surface area contributed by atoms with Crippen LogP contribution in [0.3, 0.4) is 0 Å². The Bertz CT molecular complexity index is 551. The SMILES string of the molecule is Cc1nc(C(F)(F)F)nc2cccc(O)c12. The Morgan fingerprint density at radius 3 is 2.50 bits per heavy atom. The molecule has 2 aromatic rings. The molecule has 1 aromatic carbocycles. The minimum absolute atomic E-state index is 0.0832. The molecule has 1 heterocycles. The summed E-state index contributed by atoms with van der Waals surface area (Å²) in [5.41, 5.74) is 0.190. The number of fused-ring (bicyclic) bond motifs is 1. The van der Waals surface area contributed by atoms with Gasteiger partial charge in [-0.15, -0.1) is 0 Å². The molecule has 0 atom stereocenters. The molecule has 3 nitrogen and oxygen atoms in total. The van der Waals surface area contributed by atoms with Crippen molar-refractivity contribution in [3.05, 3.63) is 29.7 Å². The minimum Gasteiger partial charge on any atom is -0.507 e. The van der Waals surface area contributed by atoms with E-state index in [0.29, 0.717) is 0 Å². The van der Waals surface area contributed by atoms with Gasteiger partial charge in [-0.2, -0.15) is 13.2 Å². The molecule has 1 N–H and O–H groups in total. The largest absolute Gasteiger partial charge is 0.507 e. The lowest BCUT2D eigenvalue weighted by molar-refractivity contribution is -0.144. The van der Waals surface area contributed by atoms with Crippen molar-refractivity contribution in [3.63, 3.8) is 0 Å². The highest BCUT2D eigenvalue weighted by molar-refractivity contribution is 5.86. The Kier molecular flexibility index (Phi) is 2.22. The van der Waals surface area contributed by atoms with Crippen molar-refractivity contribution in [3.8, 4) is 5.75 Å². The van der Waals surface area contributed by atoms with Crippen LogP contribution in [-0.4, -0.2) is 15.1 Å². The number of halogens is 3. The molecular weight excluding hydrogens is 221 g/mol. The maximum atomic E-state index is 12.4. The Balaban J connectivity index is 2.79. The molecule has 0 spiro atoms. The molecule has 0 fully saturated rings. The van der Waals surface area contributed by atoms with E-state index in [2.05, 4.69) is 9.97 Å². The first-order valence-electron chi connectivity index (χ1n) is 4.43. The molecule has 84 valence electrons. The van der Waals surface area contributed by atoms with Crippen LogP contribution < -0.4 is 0 Å². The predicted octanol–water partition coefficient (Wildman–Crippen LogP) is 2.66. The van der Waals surface area contributed by atoms with Gasteiger partial charge in [0.2, 0.25) is 5.82 Å². The van der Waals surface area contributed by atoms with Gasteiger partial charge in [0.1, 0.15) is 5.75 Å². The monoisotopic (exact) mass is 228 g/mol. The fourth-order valence-corrected chi connectivity index (χ4v) is 1.47. The van der Waals surface area contributed by atoms with E-state index in [-0.39, 0.29) is 22.3 Å². The van der Waals surface area contributed by atoms with Gasteiger partial charge in [0.15, 0.2) is 0 Å². The van der Waals surface area contributed by atoms with E-state index in [4.69, 9.17) is 0 Å². The standard InChI is InChI=1S/C10H7F3N2O/c1-5-8-6(3-2-4-7(8)16)15-9(14-5)10(11,12)13/h2-4,16H,1H3. The minimum atomic E-state index is -4.58. The molecule has 0 aliphatic carbocycles. The molecule has 0 unspecified atom stereocenters. The summed E-state index contributed by atoms with van der Waals surface area (Å²) in [6.45, 7) is 1.40. The lowest BCUT2D eigenvalue weighted by Crippen LogP contribution is -2.12. The van der Waals surface area contributed by atoms with Crippen molar-refractivity contribution in [2.45, 2.75) is 13.1 Å². The second kappa shape index (κ2) is 3.33. The zero-order valence-electron chi connectivity index (χ0n) is 8.21. The fourth-order valence-electron chi connectivity index (χ4n) is 1.47. The Morgan fingerprint density at radius 1 is 1.19 bits per heavy atom. The van der Waals surface area contributed by atoms with Crippen LogP contribution in [0.1, 0.15) is 11.5 Å². The number of benzene rings is 1. The van der Waals surface area contributed by atoms with Gasteiger partial charge < -0.3 is 5.11 Å². The smallest absolute Gasteiger partial charge is 0.451 e. The number of rotatable bonds is 0. The normalized spacial score (nSPS) is 12.0. The number of aromatic hydroxyl groups is 1. The van der Waals surface area contributed by atoms with Gasteiger partial charge in [0.05, 0.1) is 16.6 Å². The number of nitrogens with zero attached hydrogens (tertiary/aromatic N) is 2. The molecular formula is C10H7F3N2O. The number of aryl methyl sites for hydroxylation is 1. The summed E-state index contributed by atoms with van der Waals surface area (Å²) in [6, 6.07) is 4.22. The molecule has 1 aromatic heterocycles. The molecule has 0 amide bonds. The van der Waals surface area contributed by atoms with E-state index in [9.17, 15) is 18.3 Å². The van der Waals surface area contributed by atoms with Crippen LogP contribution in [0.25, 0.3) is 10.9 Å². The van der Waals surface area contributed by atoms with Crippen molar-refractivity contribution in [2.75, 3.05) is 0 Å². The van der Waals surface area contributed by atoms with Gasteiger partial charge in [-0.3, -0.25) is 0 Å². The molecule has 0 radical (unpaired) electrons. The first-order chi connectivity index (χ1) is 7.39. The molecule has 0 aliphatic rings. The first-order valence-corrected chi connectivity index (χ1v) is 4.43. The third kappa shape index (κ3) is 1.66. The van der Waals surface area contributed by atoms with Gasteiger partial charge in [-0.05, 0) is 19.1 Å². The van der Waals surface area contributed by atoms with E-state index < -0.39 is 12.0 Å². The number of aromatic nitrogens is 2. The third-order valence-electron chi connectivity index (χ3n) is 2.14. The Labute approximate surface area is 88.6 Å². The second-order valence-electron chi connectivity index (χ2n) is 3.30. The number of phenols is 1. The second-order valence-corrected chi connectivity index (χ2v) is 3.30. The van der Waals surface area contributed by atoms with Crippen LogP contribution in [-0.2, 0) is 6.18 Å². The van der Waals surface area contributed by atoms with Crippen molar-refractivity contribution < 1.29 is 18.3 Å². The fraction of sp³-hybridized carbons (Fsp3) is 0.200. The summed E-state index contributed by atoms with van der Waals surface area (Å²) in [5.74, 6) is -1.31. The summed E-state index contributed by atoms with van der Waals surface area (Å²) < 4.78 is 37.2. The molecule has 0 saturated heterocycles. The topological polar surface area (TPSA) is 46.0 Å². The van der Waals surface area contributed by atoms with Crippen LogP contribution in [0, 0.1) is 6.92 Å². The van der Waals surface area contributed by atoms with Crippen molar-refractivity contribution in [2.24, 2.45) is 0 Å². The summed E-state index contributed by atoms with van der Waals surface area (Å²) >= 11 is 0. The molecule has 0 bridgehead atoms. The molecule has 0 aliphatic heterocycles. The van der Waals surface area contributed by atoms with Gasteiger partial charge >= 0.3 is 6.18 Å². The maximum absolute atomic E-state index is 12.4. The summed E-state index contributed by atoms with van der Waals surface area (Å²) in [4.78, 5) is 6.71. The number of phenolic OH excluding ortho intramolecular Hbond substituents is 1. The van der Waals surface area contributed by atoms with E-state index in [1.54, 1.807) is 0 Å². The zero-order chi connectivity index (χ0) is 11.9. The van der Waals surface area contributed by atoms with Crippen molar-refractivity contribution in [1.29, 1.82) is 0 Å². The molecule has 2 rings (SSSR count). The number of hydrogen-bond acceptors (Lipinski definition) is 3. The highest BCUT2D eigenvalue weighted by Crippen LogP contribution is 2.31. The van der Waals surface area contributed by atoms with Gasteiger partial charge in [0.25, 0.3) is 0 Å². The lowest BCUT2D eigenvalue weighted by atomic mass is 10.2. The average Bonchev–Trinajstić information content (AvgIpc) is 2.15. The van der Waals surface area contributed by atoms with E-state index in [0.717, 1.165) is 0 Å². The van der Waals surface area contributed by atoms with Gasteiger partial charge in [-0.1, -0.05) is 6.07 Å². The summed E-state index contributed by atoms with van der Waals surface area (Å²) in [7, 11) is 0. The van der Waals surface area contributed by atoms with Gasteiger partial charge in [0, 0.05) is 0 Å². The third-order valence-corrected chi connectivity index (χ3v) is 2.14. The Hall–Kier alpha value is -1.85. The van der Waals surface area contributed by atoms with Crippen LogP contribution in [0.5, 0.6) is 5.75 Å². The van der Waals surface area contributed by atoms with E-state index in [1.807, 2.05) is 0 Å². The van der Waals surface area contributed by atoms with Crippen LogP contribution in [0.4, 0.5) is 13.2 Å². The highest BCUT2D eigenvalue weighted by atomic mass is 19.4. The quantitative estimate of drug-likeness (QED) is 0.753. The van der Waals surface area contributed by atoms with Crippen LogP contribution in [0.15, 0.2) is 18.2 Å². The van der Waals surface area contributed by atoms with E-state index in [1.165, 1.54) is 25.1 Å². The lowest BCUT2D eigenvalue weighted by Gasteiger charge is -2.08. The predicted molar refractivity (Wildman–Crippen MR) is 50.9 cm³/mol. The average molecular weight is 228 g/mol. The summed E-state index contributed by atoms with van der Waals surface area (Å²) in [6.07, 6.45) is -4.58. The molecule has 16 heavy (non-hydrogen) atoms. The van der Waals surface area contributed by atoms with Crippen LogP contribution in [0.2, 0.25) is 0 Å². The van der Waals surface area contributed by atoms with Crippen molar-refractivity contribution >= 4 is 10.9 Å². The first kappa shape index (κ1) is 10.7. The highest BCUT2D eigenvalue weighted by Gasteiger charge is 2.35.